The number of para-hydroxylation sites is 1. The maximum absolute atomic E-state index is 11.8. The highest BCUT2D eigenvalue weighted by Crippen LogP contribution is 2.14. The summed E-state index contributed by atoms with van der Waals surface area (Å²) in [7, 11) is 0. The van der Waals surface area contributed by atoms with Crippen LogP contribution in [-0.4, -0.2) is 11.9 Å². The van der Waals surface area contributed by atoms with E-state index < -0.39 is 0 Å². The van der Waals surface area contributed by atoms with Crippen LogP contribution in [0.15, 0.2) is 54.6 Å². The zero-order valence-corrected chi connectivity index (χ0v) is 16.0. The summed E-state index contributed by atoms with van der Waals surface area (Å²) < 4.78 is 10.6. The number of carbonyl (C=O) groups is 2. The van der Waals surface area contributed by atoms with Crippen LogP contribution < -0.4 is 9.47 Å². The summed E-state index contributed by atoms with van der Waals surface area (Å²) >= 11 is 0. The number of hydrogen-bond acceptors (Lipinski definition) is 4. The van der Waals surface area contributed by atoms with Crippen LogP contribution in [0.3, 0.4) is 0 Å². The fourth-order valence-corrected chi connectivity index (χ4v) is 2.71. The Labute approximate surface area is 161 Å². The van der Waals surface area contributed by atoms with Gasteiger partial charge in [-0.3, -0.25) is 9.59 Å². The number of aryl methyl sites for hydroxylation is 1. The van der Waals surface area contributed by atoms with Gasteiger partial charge < -0.3 is 9.47 Å². The van der Waals surface area contributed by atoms with Crippen molar-refractivity contribution >= 4 is 11.9 Å². The molecule has 0 spiro atoms. The van der Waals surface area contributed by atoms with E-state index in [1.807, 2.05) is 49.4 Å². The monoisotopic (exact) mass is 368 g/mol. The Kier molecular flexibility index (Phi) is 9.11. The van der Waals surface area contributed by atoms with Gasteiger partial charge in [-0.1, -0.05) is 61.6 Å². The summed E-state index contributed by atoms with van der Waals surface area (Å²) in [6.45, 7) is 2.00. The van der Waals surface area contributed by atoms with E-state index in [-0.39, 0.29) is 11.9 Å². The van der Waals surface area contributed by atoms with E-state index in [0.717, 1.165) is 44.1 Å². The van der Waals surface area contributed by atoms with Crippen LogP contribution in [0.25, 0.3) is 0 Å². The van der Waals surface area contributed by atoms with Crippen LogP contribution in [0.4, 0.5) is 0 Å². The lowest BCUT2D eigenvalue weighted by Crippen LogP contribution is -2.07. The van der Waals surface area contributed by atoms with Gasteiger partial charge in [0.05, 0.1) is 0 Å². The average molecular weight is 368 g/mol. The van der Waals surface area contributed by atoms with E-state index in [1.54, 1.807) is 12.1 Å². The second-order valence-electron chi connectivity index (χ2n) is 6.70. The average Bonchev–Trinajstić information content (AvgIpc) is 2.66. The van der Waals surface area contributed by atoms with Crippen molar-refractivity contribution in [1.82, 2.24) is 0 Å². The van der Waals surface area contributed by atoms with E-state index in [2.05, 4.69) is 0 Å². The third-order valence-corrected chi connectivity index (χ3v) is 4.24. The highest BCUT2D eigenvalue weighted by Gasteiger charge is 2.06. The van der Waals surface area contributed by atoms with Crippen molar-refractivity contribution in [1.29, 1.82) is 0 Å². The number of unbranched alkanes of at least 4 members (excludes halogenated alkanes) is 5. The van der Waals surface area contributed by atoms with Gasteiger partial charge in [0.2, 0.25) is 0 Å². The van der Waals surface area contributed by atoms with Crippen molar-refractivity contribution in [2.75, 3.05) is 0 Å². The van der Waals surface area contributed by atoms with Crippen molar-refractivity contribution in [2.45, 2.75) is 58.3 Å². The number of benzene rings is 2. The molecule has 0 aliphatic heterocycles. The maximum atomic E-state index is 11.8. The van der Waals surface area contributed by atoms with E-state index in [9.17, 15) is 9.59 Å². The van der Waals surface area contributed by atoms with Gasteiger partial charge in [-0.05, 0) is 44.0 Å². The van der Waals surface area contributed by atoms with Crippen molar-refractivity contribution in [3.63, 3.8) is 0 Å². The van der Waals surface area contributed by atoms with Gasteiger partial charge in [-0.2, -0.15) is 0 Å². The van der Waals surface area contributed by atoms with Crippen LogP contribution in [0.5, 0.6) is 11.5 Å². The summed E-state index contributed by atoms with van der Waals surface area (Å²) in [4.78, 5) is 23.5. The minimum atomic E-state index is -0.181. The highest BCUT2D eigenvalue weighted by atomic mass is 16.5. The summed E-state index contributed by atoms with van der Waals surface area (Å²) in [5.41, 5.74) is 1.14. The molecule has 2 aromatic carbocycles. The van der Waals surface area contributed by atoms with E-state index in [4.69, 9.17) is 9.47 Å². The lowest BCUT2D eigenvalue weighted by atomic mass is 10.1. The second-order valence-corrected chi connectivity index (χ2v) is 6.70. The highest BCUT2D eigenvalue weighted by molar-refractivity contribution is 5.72. The number of carbonyl (C=O) groups excluding carboxylic acids is 2. The first-order chi connectivity index (χ1) is 13.1. The molecule has 2 rings (SSSR count). The number of rotatable bonds is 11. The lowest BCUT2D eigenvalue weighted by Gasteiger charge is -2.05. The van der Waals surface area contributed by atoms with Gasteiger partial charge in [-0.15, -0.1) is 0 Å². The topological polar surface area (TPSA) is 52.6 Å². The molecular formula is C23H28O4. The molecule has 0 heterocycles. The number of esters is 2. The summed E-state index contributed by atoms with van der Waals surface area (Å²) in [5.74, 6) is 0.843. The molecule has 0 saturated heterocycles. The van der Waals surface area contributed by atoms with E-state index >= 15 is 0 Å². The van der Waals surface area contributed by atoms with Gasteiger partial charge in [-0.25, -0.2) is 0 Å². The molecular weight excluding hydrogens is 340 g/mol. The molecule has 0 atom stereocenters. The van der Waals surface area contributed by atoms with Crippen molar-refractivity contribution in [3.8, 4) is 11.5 Å². The minimum absolute atomic E-state index is 0.178. The molecule has 0 bridgehead atoms. The molecule has 0 aromatic heterocycles. The molecule has 2 aromatic rings. The van der Waals surface area contributed by atoms with Gasteiger partial charge in [0.1, 0.15) is 11.5 Å². The molecule has 0 saturated carbocycles. The largest absolute Gasteiger partial charge is 0.427 e. The molecule has 0 N–H and O–H groups in total. The third-order valence-electron chi connectivity index (χ3n) is 4.24. The van der Waals surface area contributed by atoms with Crippen LogP contribution in [0.2, 0.25) is 0 Å². The Bertz CT molecular complexity index is 692. The third kappa shape index (κ3) is 9.04. The number of ether oxygens (including phenoxy) is 2. The zero-order chi connectivity index (χ0) is 19.3. The van der Waals surface area contributed by atoms with Gasteiger partial charge in [0.15, 0.2) is 0 Å². The van der Waals surface area contributed by atoms with Crippen molar-refractivity contribution < 1.29 is 19.1 Å². The van der Waals surface area contributed by atoms with Gasteiger partial charge in [0, 0.05) is 12.8 Å². The first-order valence-corrected chi connectivity index (χ1v) is 9.66. The summed E-state index contributed by atoms with van der Waals surface area (Å²) in [5, 5.41) is 0. The maximum Gasteiger partial charge on any atom is 0.311 e. The normalized spacial score (nSPS) is 10.4. The second kappa shape index (κ2) is 11.9. The standard InChI is InChI=1S/C23H28O4/c1-19-15-17-21(18-16-19)27-23(25)14-10-5-3-2-4-9-13-22(24)26-20-11-7-6-8-12-20/h6-8,11-12,15-18H,2-5,9-10,13-14H2,1H3. The fourth-order valence-electron chi connectivity index (χ4n) is 2.71. The van der Waals surface area contributed by atoms with Crippen LogP contribution in [-0.2, 0) is 9.59 Å². The molecule has 144 valence electrons. The first kappa shape index (κ1) is 20.7. The van der Waals surface area contributed by atoms with Gasteiger partial charge >= 0.3 is 11.9 Å². The van der Waals surface area contributed by atoms with Crippen molar-refractivity contribution in [2.24, 2.45) is 0 Å². The Morgan fingerprint density at radius 2 is 1.07 bits per heavy atom. The van der Waals surface area contributed by atoms with E-state index in [1.165, 1.54) is 0 Å². The fraction of sp³-hybridized carbons (Fsp3) is 0.391. The predicted octanol–water partition coefficient (Wildman–Crippen LogP) is 5.63. The molecule has 4 heteroatoms. The predicted molar refractivity (Wildman–Crippen MR) is 106 cm³/mol. The molecule has 27 heavy (non-hydrogen) atoms. The number of hydrogen-bond donors (Lipinski definition) is 0. The van der Waals surface area contributed by atoms with Crippen LogP contribution in [0, 0.1) is 6.92 Å². The SMILES string of the molecule is Cc1ccc(OC(=O)CCCCCCCCC(=O)Oc2ccccc2)cc1. The Morgan fingerprint density at radius 3 is 1.59 bits per heavy atom. The Hall–Kier alpha value is -2.62. The molecule has 0 fully saturated rings. The van der Waals surface area contributed by atoms with Gasteiger partial charge in [0.25, 0.3) is 0 Å². The lowest BCUT2D eigenvalue weighted by molar-refractivity contribution is -0.135. The van der Waals surface area contributed by atoms with Crippen molar-refractivity contribution in [3.05, 3.63) is 60.2 Å². The van der Waals surface area contributed by atoms with Crippen LogP contribution in [0.1, 0.15) is 56.9 Å². The van der Waals surface area contributed by atoms with E-state index in [0.29, 0.717) is 24.3 Å². The molecule has 0 aliphatic carbocycles. The molecule has 0 unspecified atom stereocenters. The first-order valence-electron chi connectivity index (χ1n) is 9.66. The summed E-state index contributed by atoms with van der Waals surface area (Å²) in [6, 6.07) is 16.6. The van der Waals surface area contributed by atoms with Crippen LogP contribution >= 0.6 is 0 Å². The minimum Gasteiger partial charge on any atom is -0.427 e. The molecule has 0 amide bonds. The smallest absolute Gasteiger partial charge is 0.311 e. The summed E-state index contributed by atoms with van der Waals surface area (Å²) in [6.07, 6.45) is 6.67. The molecule has 0 aliphatic rings. The molecule has 0 radical (unpaired) electrons. The zero-order valence-electron chi connectivity index (χ0n) is 16.0. The Balaban J connectivity index is 1.44. The molecule has 4 nitrogen and oxygen atoms in total. The Morgan fingerprint density at radius 1 is 0.630 bits per heavy atom. The quantitative estimate of drug-likeness (QED) is 0.293.